The number of pyridine rings is 1. The third kappa shape index (κ3) is 3.54. The van der Waals surface area contributed by atoms with Gasteiger partial charge in [0.25, 0.3) is 0 Å². The Labute approximate surface area is 282 Å². The molecule has 7 aromatic carbocycles. The van der Waals surface area contributed by atoms with E-state index in [1.807, 2.05) is 0 Å². The molecule has 3 nitrogen and oxygen atoms in total. The molecule has 0 unspecified atom stereocenters. The zero-order chi connectivity index (χ0) is 32.1. The predicted octanol–water partition coefficient (Wildman–Crippen LogP) is 11.9. The summed E-state index contributed by atoms with van der Waals surface area (Å²) in [7, 11) is 0. The normalized spacial score (nSPS) is 13.6. The Morgan fingerprint density at radius 3 is 1.94 bits per heavy atom. The third-order valence-electron chi connectivity index (χ3n) is 10.5. The Bertz CT molecular complexity index is 2770. The summed E-state index contributed by atoms with van der Waals surface area (Å²) in [4.78, 5) is 5.33. The molecule has 0 saturated heterocycles. The first-order valence-corrected chi connectivity index (χ1v) is 16.7. The summed E-state index contributed by atoms with van der Waals surface area (Å²) in [5.74, 6) is 1.76. The number of furan rings is 1. The number of hydrogen-bond donors (Lipinski definition) is 0. The van der Waals surface area contributed by atoms with E-state index in [-0.39, 0.29) is 0 Å². The second kappa shape index (κ2) is 9.79. The van der Waals surface area contributed by atoms with Crippen LogP contribution in [-0.2, 0) is 5.41 Å². The lowest BCUT2D eigenvalue weighted by Crippen LogP contribution is -2.32. The Hall–Kier alpha value is -6.45. The van der Waals surface area contributed by atoms with Crippen molar-refractivity contribution in [3.05, 3.63) is 186 Å². The van der Waals surface area contributed by atoms with Crippen molar-refractivity contribution in [2.75, 3.05) is 0 Å². The van der Waals surface area contributed by atoms with Gasteiger partial charge in [-0.2, -0.15) is 0 Å². The molecular weight excluding hydrogens is 599 g/mol. The lowest BCUT2D eigenvalue weighted by molar-refractivity contribution is 0.436. The molecule has 11 rings (SSSR count). The van der Waals surface area contributed by atoms with Crippen molar-refractivity contribution in [2.45, 2.75) is 5.41 Å². The van der Waals surface area contributed by atoms with E-state index in [1.165, 1.54) is 22.3 Å². The highest BCUT2D eigenvalue weighted by atomic mass is 16.5. The summed E-state index contributed by atoms with van der Waals surface area (Å²) in [6.07, 6.45) is 0. The van der Waals surface area contributed by atoms with Gasteiger partial charge in [-0.05, 0) is 70.3 Å². The molecule has 1 aliphatic carbocycles. The Morgan fingerprint density at radius 1 is 0.449 bits per heavy atom. The Balaban J connectivity index is 1.24. The maximum absolute atomic E-state index is 6.82. The van der Waals surface area contributed by atoms with E-state index in [9.17, 15) is 0 Å². The minimum absolute atomic E-state index is 0.548. The average Bonchev–Trinajstić information content (AvgIpc) is 3.67. The van der Waals surface area contributed by atoms with Crippen LogP contribution in [0.5, 0.6) is 11.5 Å². The maximum atomic E-state index is 6.82. The molecule has 0 amide bonds. The molecule has 0 radical (unpaired) electrons. The lowest BCUT2D eigenvalue weighted by atomic mass is 9.66. The number of benzene rings is 7. The maximum Gasteiger partial charge on any atom is 0.136 e. The molecule has 1 spiro atoms. The summed E-state index contributed by atoms with van der Waals surface area (Å²) in [5, 5.41) is 3.27. The average molecular weight is 626 g/mol. The van der Waals surface area contributed by atoms with Gasteiger partial charge in [-0.15, -0.1) is 0 Å². The molecule has 0 fully saturated rings. The van der Waals surface area contributed by atoms with E-state index < -0.39 is 5.41 Å². The van der Waals surface area contributed by atoms with Crippen molar-refractivity contribution >= 4 is 32.8 Å². The molecule has 0 atom stereocenters. The van der Waals surface area contributed by atoms with Crippen molar-refractivity contribution < 1.29 is 9.15 Å². The number of rotatable bonds is 2. The molecule has 3 heteroatoms. The smallest absolute Gasteiger partial charge is 0.136 e. The number of para-hydroxylation sites is 3. The van der Waals surface area contributed by atoms with Gasteiger partial charge >= 0.3 is 0 Å². The van der Waals surface area contributed by atoms with Crippen molar-refractivity contribution in [3.8, 4) is 45.0 Å². The monoisotopic (exact) mass is 625 g/mol. The van der Waals surface area contributed by atoms with Gasteiger partial charge in [0.15, 0.2) is 0 Å². The molecule has 0 N–H and O–H groups in total. The fourth-order valence-electron chi connectivity index (χ4n) is 8.53. The fourth-order valence-corrected chi connectivity index (χ4v) is 8.53. The number of hydrogen-bond acceptors (Lipinski definition) is 3. The first-order valence-electron chi connectivity index (χ1n) is 16.7. The van der Waals surface area contributed by atoms with Crippen LogP contribution >= 0.6 is 0 Å². The van der Waals surface area contributed by atoms with Crippen LogP contribution < -0.4 is 4.74 Å². The van der Waals surface area contributed by atoms with Crippen LogP contribution in [0.2, 0.25) is 0 Å². The molecule has 1 aliphatic heterocycles. The van der Waals surface area contributed by atoms with Gasteiger partial charge in [0.05, 0.1) is 16.6 Å². The topological polar surface area (TPSA) is 35.3 Å². The van der Waals surface area contributed by atoms with Gasteiger partial charge in [0.2, 0.25) is 0 Å². The van der Waals surface area contributed by atoms with Crippen LogP contribution in [0.1, 0.15) is 22.3 Å². The van der Waals surface area contributed by atoms with Crippen molar-refractivity contribution in [3.63, 3.8) is 0 Å². The molecule has 49 heavy (non-hydrogen) atoms. The molecule has 0 bridgehead atoms. The second-order valence-electron chi connectivity index (χ2n) is 13.0. The SMILES string of the molecule is c1ccc(-c2cc3ccccc3nc2-c2cccc3oc4cc5c(cc4c23)-c2ccccc2C52c3ccccc3Oc3ccccc32)cc1. The van der Waals surface area contributed by atoms with Gasteiger partial charge in [-0.25, -0.2) is 4.98 Å². The number of nitrogens with zero attached hydrogens (tertiary/aromatic N) is 1. The molecule has 9 aromatic rings. The molecule has 0 saturated carbocycles. The molecular formula is C46H27NO2. The summed E-state index contributed by atoms with van der Waals surface area (Å²) in [6, 6.07) is 58.0. The standard InChI is InChI=1S/C46H27NO2/c1-2-13-28(14-3-1)32-25-29-15-4-9-21-39(29)47-45(32)31-17-12-24-42-44(31)34-26-33-30-16-5-6-18-35(30)46(38(33)27-43(34)49-42)36-19-7-10-22-40(36)48-41-23-11-8-20-37(41)46/h1-27H. The quantitative estimate of drug-likeness (QED) is 0.192. The predicted molar refractivity (Wildman–Crippen MR) is 197 cm³/mol. The van der Waals surface area contributed by atoms with E-state index in [2.05, 4.69) is 164 Å². The summed E-state index contributed by atoms with van der Waals surface area (Å²) in [6.45, 7) is 0. The van der Waals surface area contributed by atoms with Gasteiger partial charge < -0.3 is 9.15 Å². The van der Waals surface area contributed by atoms with E-state index in [0.717, 1.165) is 77.9 Å². The lowest BCUT2D eigenvalue weighted by Gasteiger charge is -2.39. The first-order chi connectivity index (χ1) is 24.3. The van der Waals surface area contributed by atoms with Gasteiger partial charge in [-0.3, -0.25) is 0 Å². The summed E-state index contributed by atoms with van der Waals surface area (Å²) < 4.78 is 13.4. The first kappa shape index (κ1) is 26.6. The van der Waals surface area contributed by atoms with E-state index >= 15 is 0 Å². The summed E-state index contributed by atoms with van der Waals surface area (Å²) in [5.41, 5.74) is 13.6. The highest BCUT2D eigenvalue weighted by molar-refractivity contribution is 6.15. The van der Waals surface area contributed by atoms with Crippen molar-refractivity contribution in [1.29, 1.82) is 0 Å². The summed E-state index contributed by atoms with van der Waals surface area (Å²) >= 11 is 0. The van der Waals surface area contributed by atoms with E-state index in [4.69, 9.17) is 14.1 Å². The molecule has 2 aliphatic rings. The second-order valence-corrected chi connectivity index (χ2v) is 13.0. The van der Waals surface area contributed by atoms with Crippen molar-refractivity contribution in [2.24, 2.45) is 0 Å². The number of fused-ring (bicyclic) bond motifs is 13. The highest BCUT2D eigenvalue weighted by Gasteiger charge is 2.51. The number of aromatic nitrogens is 1. The van der Waals surface area contributed by atoms with Gasteiger partial charge in [-0.1, -0.05) is 121 Å². The largest absolute Gasteiger partial charge is 0.457 e. The van der Waals surface area contributed by atoms with Crippen LogP contribution in [0.25, 0.3) is 66.4 Å². The molecule has 228 valence electrons. The van der Waals surface area contributed by atoms with E-state index in [0.29, 0.717) is 0 Å². The van der Waals surface area contributed by atoms with Crippen LogP contribution in [0.15, 0.2) is 168 Å². The number of ether oxygens (including phenoxy) is 1. The van der Waals surface area contributed by atoms with Crippen LogP contribution in [0.3, 0.4) is 0 Å². The zero-order valence-electron chi connectivity index (χ0n) is 26.4. The van der Waals surface area contributed by atoms with Crippen molar-refractivity contribution in [1.82, 2.24) is 4.98 Å². The molecule has 3 heterocycles. The Kier molecular flexibility index (Phi) is 5.31. The van der Waals surface area contributed by atoms with Crippen LogP contribution in [0.4, 0.5) is 0 Å². The molecule has 2 aromatic heterocycles. The zero-order valence-corrected chi connectivity index (χ0v) is 26.4. The van der Waals surface area contributed by atoms with Crippen LogP contribution in [-0.4, -0.2) is 4.98 Å². The van der Waals surface area contributed by atoms with Gasteiger partial charge in [0, 0.05) is 38.4 Å². The highest BCUT2D eigenvalue weighted by Crippen LogP contribution is 2.62. The minimum Gasteiger partial charge on any atom is -0.457 e. The fraction of sp³-hybridized carbons (Fsp3) is 0.0217. The van der Waals surface area contributed by atoms with E-state index in [1.54, 1.807) is 0 Å². The van der Waals surface area contributed by atoms with Gasteiger partial charge in [0.1, 0.15) is 22.7 Å². The minimum atomic E-state index is -0.548. The van der Waals surface area contributed by atoms with Crippen LogP contribution in [0, 0.1) is 0 Å². The Morgan fingerprint density at radius 2 is 1.12 bits per heavy atom. The third-order valence-corrected chi connectivity index (χ3v) is 10.5.